The quantitative estimate of drug-likeness (QED) is 0.808. The molecule has 0 atom stereocenters. The maximum Gasteiger partial charge on any atom is 0.0717 e. The maximum atomic E-state index is 5.66. The molecule has 0 radical (unpaired) electrons. The van der Waals surface area contributed by atoms with E-state index < -0.39 is 0 Å². The van der Waals surface area contributed by atoms with Gasteiger partial charge < -0.3 is 4.74 Å². The first-order valence-electron chi connectivity index (χ1n) is 4.96. The van der Waals surface area contributed by atoms with Gasteiger partial charge in [0.1, 0.15) is 0 Å². The normalized spacial score (nSPS) is 11.7. The van der Waals surface area contributed by atoms with Crippen molar-refractivity contribution in [2.45, 2.75) is 20.5 Å². The van der Waals surface area contributed by atoms with Gasteiger partial charge in [-0.25, -0.2) is 0 Å². The topological polar surface area (TPSA) is 9.23 Å². The first kappa shape index (κ1) is 13.1. The van der Waals surface area contributed by atoms with Crippen LogP contribution in [0.2, 0.25) is 0 Å². The predicted octanol–water partition coefficient (Wildman–Crippen LogP) is 3.92. The van der Waals surface area contributed by atoms with E-state index in [1.807, 2.05) is 12.1 Å². The third-order valence-electron chi connectivity index (χ3n) is 2.08. The van der Waals surface area contributed by atoms with Crippen molar-refractivity contribution >= 4 is 28.6 Å². The van der Waals surface area contributed by atoms with Crippen LogP contribution in [0, 0.1) is 5.41 Å². The minimum Gasteiger partial charge on any atom is -0.376 e. The Hall–Kier alpha value is 0.01000. The molecular formula is C12H17BrOS. The molecular weight excluding hydrogens is 272 g/mol. The van der Waals surface area contributed by atoms with Crippen molar-refractivity contribution in [1.82, 2.24) is 0 Å². The van der Waals surface area contributed by atoms with E-state index in [0.29, 0.717) is 6.61 Å². The van der Waals surface area contributed by atoms with Gasteiger partial charge in [0.25, 0.3) is 0 Å². The Labute approximate surface area is 106 Å². The second-order valence-corrected chi connectivity index (χ2v) is 5.68. The molecule has 0 saturated carbocycles. The highest BCUT2D eigenvalue weighted by atomic mass is 79.9. The lowest BCUT2D eigenvalue weighted by atomic mass is 9.98. The van der Waals surface area contributed by atoms with Gasteiger partial charge in [-0.05, 0) is 28.9 Å². The van der Waals surface area contributed by atoms with Crippen LogP contribution in [0.15, 0.2) is 28.7 Å². The van der Waals surface area contributed by atoms with Crippen LogP contribution in [0.3, 0.4) is 0 Å². The molecule has 1 aromatic rings. The molecule has 84 valence electrons. The second-order valence-electron chi connectivity index (χ2n) is 4.45. The zero-order valence-corrected chi connectivity index (χ0v) is 11.6. The van der Waals surface area contributed by atoms with Crippen molar-refractivity contribution in [3.8, 4) is 0 Å². The lowest BCUT2D eigenvalue weighted by Crippen LogP contribution is -2.20. The summed E-state index contributed by atoms with van der Waals surface area (Å²) in [6.45, 7) is 5.71. The van der Waals surface area contributed by atoms with E-state index in [-0.39, 0.29) is 5.41 Å². The average molecular weight is 289 g/mol. The van der Waals surface area contributed by atoms with Crippen LogP contribution >= 0.6 is 28.6 Å². The Morgan fingerprint density at radius 3 is 2.73 bits per heavy atom. The van der Waals surface area contributed by atoms with Crippen LogP contribution in [0.25, 0.3) is 0 Å². The second kappa shape index (κ2) is 5.92. The minimum atomic E-state index is 0.148. The van der Waals surface area contributed by atoms with Crippen LogP contribution in [0.1, 0.15) is 19.4 Å². The first-order chi connectivity index (χ1) is 7.03. The van der Waals surface area contributed by atoms with Crippen LogP contribution in [-0.4, -0.2) is 12.4 Å². The molecule has 0 spiro atoms. The SMILES string of the molecule is CC(C)(CS)COCc1cccc(Br)c1. The van der Waals surface area contributed by atoms with Crippen LogP contribution in [0.5, 0.6) is 0 Å². The number of ether oxygens (including phenoxy) is 1. The summed E-state index contributed by atoms with van der Waals surface area (Å²) < 4.78 is 6.76. The summed E-state index contributed by atoms with van der Waals surface area (Å²) in [5.41, 5.74) is 1.34. The average Bonchev–Trinajstić information content (AvgIpc) is 2.18. The van der Waals surface area contributed by atoms with Gasteiger partial charge in [-0.3, -0.25) is 0 Å². The molecule has 0 aromatic heterocycles. The van der Waals surface area contributed by atoms with Gasteiger partial charge >= 0.3 is 0 Å². The molecule has 0 fully saturated rings. The molecule has 0 aliphatic heterocycles. The fourth-order valence-corrected chi connectivity index (χ4v) is 1.66. The van der Waals surface area contributed by atoms with Gasteiger partial charge in [0.05, 0.1) is 13.2 Å². The van der Waals surface area contributed by atoms with Gasteiger partial charge in [-0.15, -0.1) is 0 Å². The van der Waals surface area contributed by atoms with E-state index in [9.17, 15) is 0 Å². The van der Waals surface area contributed by atoms with E-state index in [4.69, 9.17) is 4.74 Å². The van der Waals surface area contributed by atoms with Crippen LogP contribution < -0.4 is 0 Å². The van der Waals surface area contributed by atoms with Gasteiger partial charge in [-0.2, -0.15) is 12.6 Å². The highest BCUT2D eigenvalue weighted by molar-refractivity contribution is 9.10. The van der Waals surface area contributed by atoms with Crippen molar-refractivity contribution in [3.63, 3.8) is 0 Å². The standard InChI is InChI=1S/C12H17BrOS/c1-12(2,9-15)8-14-7-10-4-3-5-11(13)6-10/h3-6,15H,7-9H2,1-2H3. The fraction of sp³-hybridized carbons (Fsp3) is 0.500. The lowest BCUT2D eigenvalue weighted by molar-refractivity contribution is 0.0621. The van der Waals surface area contributed by atoms with Crippen molar-refractivity contribution in [3.05, 3.63) is 34.3 Å². The molecule has 15 heavy (non-hydrogen) atoms. The predicted molar refractivity (Wildman–Crippen MR) is 71.4 cm³/mol. The van der Waals surface area contributed by atoms with E-state index in [0.717, 1.165) is 16.8 Å². The zero-order chi connectivity index (χ0) is 11.3. The molecule has 1 nitrogen and oxygen atoms in total. The Morgan fingerprint density at radius 1 is 1.40 bits per heavy atom. The van der Waals surface area contributed by atoms with Crippen molar-refractivity contribution in [1.29, 1.82) is 0 Å². The minimum absolute atomic E-state index is 0.148. The van der Waals surface area contributed by atoms with Crippen molar-refractivity contribution < 1.29 is 4.74 Å². The molecule has 0 aliphatic rings. The monoisotopic (exact) mass is 288 g/mol. The number of hydrogen-bond donors (Lipinski definition) is 1. The molecule has 3 heteroatoms. The third kappa shape index (κ3) is 5.05. The fourth-order valence-electron chi connectivity index (χ4n) is 1.12. The van der Waals surface area contributed by atoms with Crippen molar-refractivity contribution in [2.75, 3.05) is 12.4 Å². The van der Waals surface area contributed by atoms with Gasteiger partial charge in [0.2, 0.25) is 0 Å². The van der Waals surface area contributed by atoms with E-state index in [2.05, 4.69) is 54.5 Å². The summed E-state index contributed by atoms with van der Waals surface area (Å²) in [5, 5.41) is 0. The summed E-state index contributed by atoms with van der Waals surface area (Å²) in [6.07, 6.45) is 0. The molecule has 0 N–H and O–H groups in total. The molecule has 0 amide bonds. The smallest absolute Gasteiger partial charge is 0.0717 e. The maximum absolute atomic E-state index is 5.66. The summed E-state index contributed by atoms with van der Waals surface area (Å²) in [4.78, 5) is 0. The van der Waals surface area contributed by atoms with Crippen LogP contribution in [0.4, 0.5) is 0 Å². The number of benzene rings is 1. The molecule has 0 aliphatic carbocycles. The Bertz CT molecular complexity index is 312. The van der Waals surface area contributed by atoms with E-state index in [1.165, 1.54) is 5.56 Å². The molecule has 0 saturated heterocycles. The van der Waals surface area contributed by atoms with E-state index in [1.54, 1.807) is 0 Å². The molecule has 1 rings (SSSR count). The number of hydrogen-bond acceptors (Lipinski definition) is 2. The highest BCUT2D eigenvalue weighted by Crippen LogP contribution is 2.18. The highest BCUT2D eigenvalue weighted by Gasteiger charge is 2.15. The first-order valence-corrected chi connectivity index (χ1v) is 6.39. The molecule has 0 unspecified atom stereocenters. The van der Waals surface area contributed by atoms with E-state index >= 15 is 0 Å². The molecule has 0 heterocycles. The molecule has 0 bridgehead atoms. The third-order valence-corrected chi connectivity index (χ3v) is 3.43. The Morgan fingerprint density at radius 2 is 2.13 bits per heavy atom. The summed E-state index contributed by atoms with van der Waals surface area (Å²) in [6, 6.07) is 8.18. The summed E-state index contributed by atoms with van der Waals surface area (Å²) in [7, 11) is 0. The lowest BCUT2D eigenvalue weighted by Gasteiger charge is -2.21. The van der Waals surface area contributed by atoms with Gasteiger partial charge in [0.15, 0.2) is 0 Å². The number of rotatable bonds is 5. The number of thiol groups is 1. The summed E-state index contributed by atoms with van der Waals surface area (Å²) >= 11 is 7.73. The van der Waals surface area contributed by atoms with Gasteiger partial charge in [0, 0.05) is 4.47 Å². The Kier molecular flexibility index (Phi) is 5.16. The summed E-state index contributed by atoms with van der Waals surface area (Å²) in [5.74, 6) is 0.839. The Balaban J connectivity index is 2.38. The van der Waals surface area contributed by atoms with Crippen LogP contribution in [-0.2, 0) is 11.3 Å². The zero-order valence-electron chi connectivity index (χ0n) is 9.16. The largest absolute Gasteiger partial charge is 0.376 e. The number of halogens is 1. The van der Waals surface area contributed by atoms with Crippen molar-refractivity contribution in [2.24, 2.45) is 5.41 Å². The van der Waals surface area contributed by atoms with Gasteiger partial charge in [-0.1, -0.05) is 41.9 Å². The molecule has 1 aromatic carbocycles.